The summed E-state index contributed by atoms with van der Waals surface area (Å²) in [5, 5.41) is 3.35. The molecule has 100 valence electrons. The van der Waals surface area contributed by atoms with Gasteiger partial charge >= 0.3 is 0 Å². The normalized spacial score (nSPS) is 23.8. The molecule has 0 amide bonds. The van der Waals surface area contributed by atoms with Crippen LogP contribution in [0.3, 0.4) is 0 Å². The Bertz CT molecular complexity index is 329. The average Bonchev–Trinajstić information content (AvgIpc) is 2.45. The highest BCUT2D eigenvalue weighted by molar-refractivity contribution is 5.42. The van der Waals surface area contributed by atoms with Gasteiger partial charge in [0.15, 0.2) is 0 Å². The van der Waals surface area contributed by atoms with Crippen LogP contribution >= 0.6 is 0 Å². The van der Waals surface area contributed by atoms with Gasteiger partial charge in [0.05, 0.1) is 18.8 Å². The van der Waals surface area contributed by atoms with Gasteiger partial charge in [0, 0.05) is 19.3 Å². The van der Waals surface area contributed by atoms with Gasteiger partial charge in [-0.1, -0.05) is 18.2 Å². The maximum atomic E-state index is 5.89. The molecule has 0 aliphatic heterocycles. The van der Waals surface area contributed by atoms with Gasteiger partial charge in [-0.05, 0) is 37.8 Å². The van der Waals surface area contributed by atoms with Crippen molar-refractivity contribution in [2.45, 2.75) is 37.9 Å². The Morgan fingerprint density at radius 3 is 2.72 bits per heavy atom. The molecule has 1 aromatic rings. The van der Waals surface area contributed by atoms with E-state index >= 15 is 0 Å². The topological polar surface area (TPSA) is 30.5 Å². The summed E-state index contributed by atoms with van der Waals surface area (Å²) in [5.41, 5.74) is 1.15. The number of anilines is 1. The molecule has 18 heavy (non-hydrogen) atoms. The van der Waals surface area contributed by atoms with E-state index in [-0.39, 0.29) is 0 Å². The van der Waals surface area contributed by atoms with Gasteiger partial charge in [0.25, 0.3) is 0 Å². The molecule has 0 radical (unpaired) electrons. The maximum Gasteiger partial charge on any atom is 0.0642 e. The summed E-state index contributed by atoms with van der Waals surface area (Å²) < 4.78 is 11.3. The molecule has 1 saturated carbocycles. The molecule has 0 aromatic heterocycles. The third kappa shape index (κ3) is 4.31. The average molecular weight is 249 g/mol. The van der Waals surface area contributed by atoms with Crippen LogP contribution in [0.15, 0.2) is 30.3 Å². The van der Waals surface area contributed by atoms with E-state index < -0.39 is 0 Å². The van der Waals surface area contributed by atoms with Crippen molar-refractivity contribution in [3.05, 3.63) is 30.3 Å². The summed E-state index contributed by atoms with van der Waals surface area (Å²) in [4.78, 5) is 0. The van der Waals surface area contributed by atoms with Crippen molar-refractivity contribution in [1.29, 1.82) is 0 Å². The molecule has 3 heteroatoms. The molecular weight excluding hydrogens is 226 g/mol. The van der Waals surface area contributed by atoms with Gasteiger partial charge in [0.1, 0.15) is 0 Å². The molecule has 2 rings (SSSR count). The number of benzene rings is 1. The summed E-state index contributed by atoms with van der Waals surface area (Å²) >= 11 is 0. The van der Waals surface area contributed by atoms with Crippen LogP contribution in [0.1, 0.15) is 25.7 Å². The molecule has 3 nitrogen and oxygen atoms in total. The number of methoxy groups -OCH3 is 1. The van der Waals surface area contributed by atoms with Gasteiger partial charge in [0.2, 0.25) is 0 Å². The number of para-hydroxylation sites is 1. The molecule has 0 spiro atoms. The van der Waals surface area contributed by atoms with Crippen LogP contribution in [0, 0.1) is 0 Å². The van der Waals surface area contributed by atoms with Gasteiger partial charge < -0.3 is 14.8 Å². The smallest absolute Gasteiger partial charge is 0.0642 e. The fraction of sp³-hybridized carbons (Fsp3) is 0.600. The van der Waals surface area contributed by atoms with Gasteiger partial charge in [-0.3, -0.25) is 0 Å². The zero-order valence-electron chi connectivity index (χ0n) is 11.1. The van der Waals surface area contributed by atoms with E-state index in [0.717, 1.165) is 25.3 Å². The summed E-state index contributed by atoms with van der Waals surface area (Å²) in [6.07, 6.45) is 5.38. The summed E-state index contributed by atoms with van der Waals surface area (Å²) in [6, 6.07) is 10.2. The van der Waals surface area contributed by atoms with Crippen LogP contribution < -0.4 is 5.32 Å². The zero-order valence-corrected chi connectivity index (χ0v) is 11.1. The first-order valence-corrected chi connectivity index (χ1v) is 6.82. The van der Waals surface area contributed by atoms with E-state index in [1.54, 1.807) is 7.11 Å². The Morgan fingerprint density at radius 1 is 1.17 bits per heavy atom. The summed E-state index contributed by atoms with van der Waals surface area (Å²) in [5.74, 6) is 0. The van der Waals surface area contributed by atoms with Crippen LogP contribution in [-0.4, -0.2) is 32.5 Å². The van der Waals surface area contributed by atoms with E-state index in [1.807, 2.05) is 18.2 Å². The largest absolute Gasteiger partial charge is 0.383 e. The van der Waals surface area contributed by atoms with E-state index in [9.17, 15) is 0 Å². The second-order valence-corrected chi connectivity index (χ2v) is 4.81. The van der Waals surface area contributed by atoms with Crippen molar-refractivity contribution in [1.82, 2.24) is 0 Å². The van der Waals surface area contributed by atoms with Crippen LogP contribution in [0.2, 0.25) is 0 Å². The lowest BCUT2D eigenvalue weighted by Crippen LogP contribution is -2.28. The fourth-order valence-electron chi connectivity index (χ4n) is 2.44. The summed E-state index contributed by atoms with van der Waals surface area (Å²) in [6.45, 7) is 1.62. The molecule has 1 fully saturated rings. The molecule has 1 aliphatic carbocycles. The Balaban J connectivity index is 1.60. The predicted molar refractivity (Wildman–Crippen MR) is 73.9 cm³/mol. The van der Waals surface area contributed by atoms with Crippen molar-refractivity contribution in [3.63, 3.8) is 0 Å². The fourth-order valence-corrected chi connectivity index (χ4v) is 2.44. The zero-order chi connectivity index (χ0) is 12.6. The van der Waals surface area contributed by atoms with Crippen LogP contribution in [0.4, 0.5) is 5.69 Å². The van der Waals surface area contributed by atoms with Crippen LogP contribution in [0.5, 0.6) is 0 Å². The van der Waals surface area contributed by atoms with Crippen molar-refractivity contribution in [2.24, 2.45) is 0 Å². The van der Waals surface area contributed by atoms with Gasteiger partial charge in [-0.2, -0.15) is 0 Å². The van der Waals surface area contributed by atoms with Crippen LogP contribution in [-0.2, 0) is 9.47 Å². The minimum atomic E-state index is 0.376. The number of hydrogen-bond donors (Lipinski definition) is 1. The highest BCUT2D eigenvalue weighted by Gasteiger charge is 2.21. The number of ether oxygens (including phenoxy) is 2. The van der Waals surface area contributed by atoms with Crippen molar-refractivity contribution >= 4 is 5.69 Å². The first-order chi connectivity index (χ1) is 8.88. The third-order valence-electron chi connectivity index (χ3n) is 3.47. The number of hydrogen-bond acceptors (Lipinski definition) is 3. The monoisotopic (exact) mass is 249 g/mol. The Labute approximate surface area is 109 Å². The Hall–Kier alpha value is -1.06. The number of nitrogens with one attached hydrogen (secondary N) is 1. The van der Waals surface area contributed by atoms with E-state index in [1.165, 1.54) is 19.3 Å². The highest BCUT2D eigenvalue weighted by Crippen LogP contribution is 2.22. The molecule has 1 aromatic carbocycles. The SMILES string of the molecule is COC1CCCC(OCCNc2ccccc2)C1. The molecular formula is C15H23NO2. The molecule has 2 atom stereocenters. The first kappa shape index (κ1) is 13.4. The van der Waals surface area contributed by atoms with Crippen molar-refractivity contribution < 1.29 is 9.47 Å². The molecule has 0 heterocycles. The molecule has 1 N–H and O–H groups in total. The minimum Gasteiger partial charge on any atom is -0.383 e. The van der Waals surface area contributed by atoms with Crippen molar-refractivity contribution in [3.8, 4) is 0 Å². The highest BCUT2D eigenvalue weighted by atomic mass is 16.5. The minimum absolute atomic E-state index is 0.376. The summed E-state index contributed by atoms with van der Waals surface area (Å²) in [7, 11) is 1.80. The Morgan fingerprint density at radius 2 is 1.94 bits per heavy atom. The van der Waals surface area contributed by atoms with Crippen molar-refractivity contribution in [2.75, 3.05) is 25.6 Å². The lowest BCUT2D eigenvalue weighted by molar-refractivity contribution is -0.0261. The molecule has 0 bridgehead atoms. The van der Waals surface area contributed by atoms with E-state index in [0.29, 0.717) is 12.2 Å². The van der Waals surface area contributed by atoms with Crippen LogP contribution in [0.25, 0.3) is 0 Å². The van der Waals surface area contributed by atoms with E-state index in [2.05, 4.69) is 17.4 Å². The standard InChI is InChI=1S/C15H23NO2/c1-17-14-8-5-9-15(12-14)18-11-10-16-13-6-3-2-4-7-13/h2-4,6-7,14-16H,5,8-12H2,1H3. The lowest BCUT2D eigenvalue weighted by atomic mass is 9.95. The second-order valence-electron chi connectivity index (χ2n) is 4.81. The quantitative estimate of drug-likeness (QED) is 0.786. The van der Waals surface area contributed by atoms with Gasteiger partial charge in [-0.25, -0.2) is 0 Å². The molecule has 2 unspecified atom stereocenters. The molecule has 0 saturated heterocycles. The number of rotatable bonds is 6. The predicted octanol–water partition coefficient (Wildman–Crippen LogP) is 3.07. The lowest BCUT2D eigenvalue weighted by Gasteiger charge is -2.28. The Kier molecular flexibility index (Phi) is 5.49. The first-order valence-electron chi connectivity index (χ1n) is 6.82. The third-order valence-corrected chi connectivity index (χ3v) is 3.47. The second kappa shape index (κ2) is 7.39. The van der Waals surface area contributed by atoms with Gasteiger partial charge in [-0.15, -0.1) is 0 Å². The molecule has 1 aliphatic rings. The maximum absolute atomic E-state index is 5.89. The van der Waals surface area contributed by atoms with E-state index in [4.69, 9.17) is 9.47 Å².